The van der Waals surface area contributed by atoms with Gasteiger partial charge in [-0.25, -0.2) is 0 Å². The van der Waals surface area contributed by atoms with Crippen LogP contribution in [0.1, 0.15) is 27.7 Å². The van der Waals surface area contributed by atoms with Gasteiger partial charge >= 0.3 is 7.12 Å². The molecule has 1 aliphatic heterocycles. The summed E-state index contributed by atoms with van der Waals surface area (Å²) in [5, 5.41) is 11.1. The molecule has 0 atom stereocenters. The first-order valence-corrected chi connectivity index (χ1v) is 6.46. The molecule has 0 spiro atoms. The van der Waals surface area contributed by atoms with E-state index in [4.69, 9.17) is 9.31 Å². The predicted octanol–water partition coefficient (Wildman–Crippen LogP) is 2.17. The molecule has 1 aliphatic rings. The van der Waals surface area contributed by atoms with Gasteiger partial charge in [-0.1, -0.05) is 0 Å². The van der Waals surface area contributed by atoms with Crippen LogP contribution in [0.3, 0.4) is 0 Å². The summed E-state index contributed by atoms with van der Waals surface area (Å²) >= 11 is 0. The first-order chi connectivity index (χ1) is 8.80. The number of hydrogen-bond acceptors (Lipinski definition) is 3. The van der Waals surface area contributed by atoms with Crippen molar-refractivity contribution in [3.63, 3.8) is 0 Å². The Kier molecular flexibility index (Phi) is 2.50. The lowest BCUT2D eigenvalue weighted by Gasteiger charge is -2.32. The highest BCUT2D eigenvalue weighted by atomic mass is 16.7. The summed E-state index contributed by atoms with van der Waals surface area (Å²) in [5.41, 5.74) is 0.806. The summed E-state index contributed by atoms with van der Waals surface area (Å²) < 4.78 is 11.9. The van der Waals surface area contributed by atoms with Gasteiger partial charge in [0.25, 0.3) is 0 Å². The molecular formula is C14H18BNO3. The number of aromatic hydroxyl groups is 1. The van der Waals surface area contributed by atoms with Gasteiger partial charge in [-0.3, -0.25) is 0 Å². The molecule has 3 rings (SSSR count). The molecular weight excluding hydrogens is 241 g/mol. The van der Waals surface area contributed by atoms with Gasteiger partial charge in [0.1, 0.15) is 5.75 Å². The van der Waals surface area contributed by atoms with Gasteiger partial charge in [-0.05, 0) is 45.9 Å². The highest BCUT2D eigenvalue weighted by Crippen LogP contribution is 2.37. The van der Waals surface area contributed by atoms with E-state index < -0.39 is 18.3 Å². The maximum absolute atomic E-state index is 10.2. The Morgan fingerprint density at radius 3 is 2.37 bits per heavy atom. The molecule has 1 fully saturated rings. The standard InChI is InChI=1S/C14H18BNO3/c1-13(2)14(3,4)19-15(18-13)10-8-11-9(5-6-16-11)7-12(10)17/h5-8,16-17H,1-4H3. The molecule has 2 aromatic rings. The third-order valence-corrected chi connectivity index (χ3v) is 4.21. The third kappa shape index (κ3) is 1.85. The summed E-state index contributed by atoms with van der Waals surface area (Å²) in [4.78, 5) is 3.13. The number of fused-ring (bicyclic) bond motifs is 1. The molecule has 1 saturated heterocycles. The van der Waals surface area contributed by atoms with Gasteiger partial charge in [0.05, 0.1) is 11.2 Å². The first-order valence-electron chi connectivity index (χ1n) is 6.46. The minimum atomic E-state index is -0.544. The molecule has 1 aromatic heterocycles. The number of rotatable bonds is 1. The second-order valence-corrected chi connectivity index (χ2v) is 6.06. The largest absolute Gasteiger partial charge is 0.508 e. The van der Waals surface area contributed by atoms with E-state index in [0.717, 1.165) is 10.9 Å². The average molecular weight is 259 g/mol. The minimum Gasteiger partial charge on any atom is -0.508 e. The summed E-state index contributed by atoms with van der Waals surface area (Å²) in [6, 6.07) is 5.53. The van der Waals surface area contributed by atoms with Crippen molar-refractivity contribution in [1.82, 2.24) is 4.98 Å². The van der Waals surface area contributed by atoms with Crippen LogP contribution < -0.4 is 5.46 Å². The zero-order valence-electron chi connectivity index (χ0n) is 11.7. The molecule has 100 valence electrons. The Morgan fingerprint density at radius 1 is 1.11 bits per heavy atom. The normalized spacial score (nSPS) is 21.2. The molecule has 0 bridgehead atoms. The van der Waals surface area contributed by atoms with Crippen LogP contribution in [0, 0.1) is 0 Å². The lowest BCUT2D eigenvalue weighted by Crippen LogP contribution is -2.41. The van der Waals surface area contributed by atoms with Crippen LogP contribution in [0.5, 0.6) is 5.75 Å². The summed E-state index contributed by atoms with van der Waals surface area (Å²) in [6.07, 6.45) is 1.85. The van der Waals surface area contributed by atoms with Crippen molar-refractivity contribution in [2.45, 2.75) is 38.9 Å². The lowest BCUT2D eigenvalue weighted by molar-refractivity contribution is 0.00578. The molecule has 1 aromatic carbocycles. The second kappa shape index (κ2) is 3.77. The maximum Gasteiger partial charge on any atom is 0.498 e. The zero-order chi connectivity index (χ0) is 13.8. The van der Waals surface area contributed by atoms with Crippen molar-refractivity contribution in [3.05, 3.63) is 24.4 Å². The first kappa shape index (κ1) is 12.6. The predicted molar refractivity (Wildman–Crippen MR) is 75.7 cm³/mol. The number of phenols is 1. The number of benzene rings is 1. The average Bonchev–Trinajstić information content (AvgIpc) is 2.80. The molecule has 0 saturated carbocycles. The van der Waals surface area contributed by atoms with E-state index in [1.54, 1.807) is 6.07 Å². The SMILES string of the molecule is CC1(C)OB(c2cc3[nH]ccc3cc2O)OC1(C)C. The van der Waals surface area contributed by atoms with Crippen molar-refractivity contribution >= 4 is 23.5 Å². The summed E-state index contributed by atoms with van der Waals surface area (Å²) in [6.45, 7) is 7.99. The van der Waals surface area contributed by atoms with Crippen LogP contribution in [0.25, 0.3) is 10.9 Å². The van der Waals surface area contributed by atoms with Crippen LogP contribution in [0.15, 0.2) is 24.4 Å². The Hall–Kier alpha value is -1.46. The van der Waals surface area contributed by atoms with Crippen LogP contribution in [0.2, 0.25) is 0 Å². The van der Waals surface area contributed by atoms with Gasteiger partial charge in [-0.2, -0.15) is 0 Å². The van der Waals surface area contributed by atoms with E-state index in [1.165, 1.54) is 0 Å². The quantitative estimate of drug-likeness (QED) is 0.772. The van der Waals surface area contributed by atoms with Gasteiger partial charge in [0.2, 0.25) is 0 Å². The molecule has 2 heterocycles. The maximum atomic E-state index is 10.2. The van der Waals surface area contributed by atoms with Gasteiger partial charge in [0.15, 0.2) is 0 Å². The molecule has 0 amide bonds. The van der Waals surface area contributed by atoms with Gasteiger partial charge in [-0.15, -0.1) is 0 Å². The van der Waals surface area contributed by atoms with E-state index in [1.807, 2.05) is 46.0 Å². The van der Waals surface area contributed by atoms with Crippen LogP contribution in [0.4, 0.5) is 0 Å². The fourth-order valence-electron chi connectivity index (χ4n) is 2.26. The molecule has 2 N–H and O–H groups in total. The summed E-state index contributed by atoms with van der Waals surface area (Å²) in [7, 11) is -0.544. The van der Waals surface area contributed by atoms with Crippen molar-refractivity contribution < 1.29 is 14.4 Å². The number of aromatic nitrogens is 1. The Bertz CT molecular complexity index is 617. The highest BCUT2D eigenvalue weighted by molar-refractivity contribution is 6.63. The molecule has 0 aliphatic carbocycles. The van der Waals surface area contributed by atoms with Crippen LogP contribution in [-0.2, 0) is 9.31 Å². The van der Waals surface area contributed by atoms with Crippen molar-refractivity contribution in [3.8, 4) is 5.75 Å². The number of phenolic OH excluding ortho intramolecular Hbond substituents is 1. The van der Waals surface area contributed by atoms with E-state index in [9.17, 15) is 5.11 Å². The smallest absolute Gasteiger partial charge is 0.498 e. The highest BCUT2D eigenvalue weighted by Gasteiger charge is 2.52. The second-order valence-electron chi connectivity index (χ2n) is 6.06. The summed E-state index contributed by atoms with van der Waals surface area (Å²) in [5.74, 6) is 0.200. The zero-order valence-corrected chi connectivity index (χ0v) is 11.7. The van der Waals surface area contributed by atoms with E-state index in [0.29, 0.717) is 5.46 Å². The topological polar surface area (TPSA) is 54.5 Å². The Labute approximate surface area is 112 Å². The van der Waals surface area contributed by atoms with E-state index in [-0.39, 0.29) is 5.75 Å². The number of H-pyrrole nitrogens is 1. The lowest BCUT2D eigenvalue weighted by atomic mass is 9.78. The molecule has 0 radical (unpaired) electrons. The Balaban J connectivity index is 2.04. The fraction of sp³-hybridized carbons (Fsp3) is 0.429. The molecule has 0 unspecified atom stereocenters. The number of hydrogen-bond donors (Lipinski definition) is 2. The van der Waals surface area contributed by atoms with Gasteiger partial charge < -0.3 is 19.4 Å². The number of aromatic amines is 1. The van der Waals surface area contributed by atoms with E-state index >= 15 is 0 Å². The van der Waals surface area contributed by atoms with Crippen molar-refractivity contribution in [1.29, 1.82) is 0 Å². The molecule has 5 heteroatoms. The van der Waals surface area contributed by atoms with Crippen LogP contribution in [-0.4, -0.2) is 28.4 Å². The van der Waals surface area contributed by atoms with E-state index in [2.05, 4.69) is 4.98 Å². The van der Waals surface area contributed by atoms with Crippen LogP contribution >= 0.6 is 0 Å². The Morgan fingerprint density at radius 2 is 1.74 bits per heavy atom. The third-order valence-electron chi connectivity index (χ3n) is 4.21. The molecule has 4 nitrogen and oxygen atoms in total. The number of nitrogens with one attached hydrogen (secondary N) is 1. The van der Waals surface area contributed by atoms with Crippen molar-refractivity contribution in [2.24, 2.45) is 0 Å². The fourth-order valence-corrected chi connectivity index (χ4v) is 2.26. The minimum absolute atomic E-state index is 0.200. The van der Waals surface area contributed by atoms with Crippen molar-refractivity contribution in [2.75, 3.05) is 0 Å². The van der Waals surface area contributed by atoms with Gasteiger partial charge in [0, 0.05) is 22.6 Å². The molecule has 19 heavy (non-hydrogen) atoms. The monoisotopic (exact) mass is 259 g/mol.